The highest BCUT2D eigenvalue weighted by atomic mass is 16.5. The SMILES string of the molecule is CCCCOc1ccc(C2OC(C)(C)C(=O)C2c2ccncc2)cc1. The third-order valence-corrected chi connectivity index (χ3v) is 4.64. The zero-order valence-corrected chi connectivity index (χ0v) is 15.1. The zero-order valence-electron chi connectivity index (χ0n) is 15.1. The van der Waals surface area contributed by atoms with Crippen LogP contribution in [0, 0.1) is 0 Å². The van der Waals surface area contributed by atoms with Crippen LogP contribution in [-0.4, -0.2) is 23.0 Å². The maximum atomic E-state index is 12.9. The number of rotatable bonds is 6. The average Bonchev–Trinajstić information content (AvgIpc) is 2.86. The third-order valence-electron chi connectivity index (χ3n) is 4.64. The molecule has 4 heteroatoms. The first kappa shape index (κ1) is 17.6. The number of Topliss-reactive ketones (excluding diaryl/α,β-unsaturated/α-hetero) is 1. The van der Waals surface area contributed by atoms with Crippen LogP contribution in [0.4, 0.5) is 0 Å². The predicted octanol–water partition coefficient (Wildman–Crippen LogP) is 4.46. The van der Waals surface area contributed by atoms with E-state index in [4.69, 9.17) is 9.47 Å². The second-order valence-corrected chi connectivity index (χ2v) is 6.94. The fourth-order valence-electron chi connectivity index (χ4n) is 3.20. The summed E-state index contributed by atoms with van der Waals surface area (Å²) in [7, 11) is 0. The number of carbonyl (C=O) groups excluding carboxylic acids is 1. The molecule has 1 aromatic carbocycles. The summed E-state index contributed by atoms with van der Waals surface area (Å²) in [6.45, 7) is 6.54. The van der Waals surface area contributed by atoms with E-state index in [1.165, 1.54) is 0 Å². The van der Waals surface area contributed by atoms with E-state index in [0.717, 1.165) is 36.3 Å². The van der Waals surface area contributed by atoms with E-state index in [-0.39, 0.29) is 17.8 Å². The Kier molecular flexibility index (Phi) is 5.19. The Morgan fingerprint density at radius 3 is 2.40 bits per heavy atom. The minimum atomic E-state index is -0.797. The topological polar surface area (TPSA) is 48.4 Å². The summed E-state index contributed by atoms with van der Waals surface area (Å²) in [5, 5.41) is 0. The number of ketones is 1. The molecule has 2 unspecified atom stereocenters. The largest absolute Gasteiger partial charge is 0.494 e. The van der Waals surface area contributed by atoms with Gasteiger partial charge < -0.3 is 9.47 Å². The number of nitrogens with zero attached hydrogens (tertiary/aromatic N) is 1. The Morgan fingerprint density at radius 1 is 1.08 bits per heavy atom. The first-order valence-electron chi connectivity index (χ1n) is 8.87. The van der Waals surface area contributed by atoms with Gasteiger partial charge in [-0.15, -0.1) is 0 Å². The van der Waals surface area contributed by atoms with Crippen molar-refractivity contribution in [1.29, 1.82) is 0 Å². The number of hydrogen-bond acceptors (Lipinski definition) is 4. The molecule has 0 saturated carbocycles. The number of hydrogen-bond donors (Lipinski definition) is 0. The van der Waals surface area contributed by atoms with Gasteiger partial charge in [-0.05, 0) is 55.7 Å². The lowest BCUT2D eigenvalue weighted by Crippen LogP contribution is -2.29. The van der Waals surface area contributed by atoms with E-state index < -0.39 is 5.60 Å². The van der Waals surface area contributed by atoms with Crippen LogP contribution < -0.4 is 4.74 Å². The molecule has 0 spiro atoms. The van der Waals surface area contributed by atoms with Crippen molar-refractivity contribution in [2.45, 2.75) is 51.2 Å². The van der Waals surface area contributed by atoms with Crippen molar-refractivity contribution in [2.24, 2.45) is 0 Å². The maximum absolute atomic E-state index is 12.9. The van der Waals surface area contributed by atoms with Gasteiger partial charge in [-0.3, -0.25) is 9.78 Å². The van der Waals surface area contributed by atoms with Crippen LogP contribution in [0.15, 0.2) is 48.8 Å². The molecule has 0 aliphatic carbocycles. The molecule has 0 radical (unpaired) electrons. The molecule has 1 aliphatic rings. The number of benzene rings is 1. The molecule has 2 atom stereocenters. The summed E-state index contributed by atoms with van der Waals surface area (Å²) in [6, 6.07) is 11.7. The first-order chi connectivity index (χ1) is 12.0. The van der Waals surface area contributed by atoms with Crippen molar-refractivity contribution in [3.63, 3.8) is 0 Å². The van der Waals surface area contributed by atoms with E-state index in [9.17, 15) is 4.79 Å². The summed E-state index contributed by atoms with van der Waals surface area (Å²) < 4.78 is 11.9. The number of unbranched alkanes of at least 4 members (excludes halogenated alkanes) is 1. The van der Waals surface area contributed by atoms with Gasteiger partial charge in [0, 0.05) is 12.4 Å². The normalized spacial score (nSPS) is 22.1. The molecule has 0 N–H and O–H groups in total. The highest BCUT2D eigenvalue weighted by molar-refractivity contribution is 5.95. The Labute approximate surface area is 149 Å². The second kappa shape index (κ2) is 7.36. The van der Waals surface area contributed by atoms with E-state index >= 15 is 0 Å². The third kappa shape index (κ3) is 3.74. The molecule has 2 aromatic rings. The summed E-state index contributed by atoms with van der Waals surface area (Å²) in [5.74, 6) is 0.637. The number of aromatic nitrogens is 1. The molecule has 2 heterocycles. The molecule has 3 rings (SSSR count). The van der Waals surface area contributed by atoms with Gasteiger partial charge in [0.2, 0.25) is 0 Å². The molecule has 0 bridgehead atoms. The Morgan fingerprint density at radius 2 is 1.76 bits per heavy atom. The van der Waals surface area contributed by atoms with Gasteiger partial charge >= 0.3 is 0 Å². The minimum absolute atomic E-state index is 0.104. The zero-order chi connectivity index (χ0) is 17.9. The van der Waals surface area contributed by atoms with Crippen molar-refractivity contribution in [3.05, 3.63) is 59.9 Å². The van der Waals surface area contributed by atoms with Crippen LogP contribution >= 0.6 is 0 Å². The van der Waals surface area contributed by atoms with Crippen molar-refractivity contribution >= 4 is 5.78 Å². The van der Waals surface area contributed by atoms with Crippen LogP contribution in [0.1, 0.15) is 56.8 Å². The predicted molar refractivity (Wildman–Crippen MR) is 96.7 cm³/mol. The first-order valence-corrected chi connectivity index (χ1v) is 8.87. The Balaban J connectivity index is 1.85. The van der Waals surface area contributed by atoms with Gasteiger partial charge in [0.1, 0.15) is 11.4 Å². The van der Waals surface area contributed by atoms with Gasteiger partial charge in [0.15, 0.2) is 5.78 Å². The quantitative estimate of drug-likeness (QED) is 0.729. The van der Waals surface area contributed by atoms with Crippen molar-refractivity contribution in [1.82, 2.24) is 4.98 Å². The molecule has 4 nitrogen and oxygen atoms in total. The number of pyridine rings is 1. The van der Waals surface area contributed by atoms with E-state index in [2.05, 4.69) is 11.9 Å². The fourth-order valence-corrected chi connectivity index (χ4v) is 3.20. The summed E-state index contributed by atoms with van der Waals surface area (Å²) in [4.78, 5) is 16.9. The van der Waals surface area contributed by atoms with Crippen LogP contribution in [-0.2, 0) is 9.53 Å². The van der Waals surface area contributed by atoms with Crippen molar-refractivity contribution in [2.75, 3.05) is 6.61 Å². The fraction of sp³-hybridized carbons (Fsp3) is 0.429. The lowest BCUT2D eigenvalue weighted by molar-refractivity contribution is -0.130. The summed E-state index contributed by atoms with van der Waals surface area (Å²) in [6.07, 6.45) is 5.29. The molecular weight excluding hydrogens is 314 g/mol. The van der Waals surface area contributed by atoms with Crippen LogP contribution in [0.2, 0.25) is 0 Å². The monoisotopic (exact) mass is 339 g/mol. The van der Waals surface area contributed by atoms with Gasteiger partial charge in [-0.25, -0.2) is 0 Å². The molecule has 1 fully saturated rings. The molecule has 1 aromatic heterocycles. The van der Waals surface area contributed by atoms with Crippen molar-refractivity contribution < 1.29 is 14.3 Å². The van der Waals surface area contributed by atoms with Gasteiger partial charge in [-0.2, -0.15) is 0 Å². The van der Waals surface area contributed by atoms with Gasteiger partial charge in [-0.1, -0.05) is 25.5 Å². The van der Waals surface area contributed by atoms with Crippen LogP contribution in [0.5, 0.6) is 5.75 Å². The standard InChI is InChI=1S/C21H25NO3/c1-4-5-14-24-17-8-6-16(7-9-17)19-18(15-10-12-22-13-11-15)20(23)21(2,3)25-19/h6-13,18-19H,4-5,14H2,1-3H3. The number of ether oxygens (including phenoxy) is 2. The molecule has 1 saturated heterocycles. The Hall–Kier alpha value is -2.20. The maximum Gasteiger partial charge on any atom is 0.174 e. The highest BCUT2D eigenvalue weighted by Crippen LogP contribution is 2.46. The summed E-state index contributed by atoms with van der Waals surface area (Å²) >= 11 is 0. The molecule has 132 valence electrons. The molecule has 1 aliphatic heterocycles. The lowest BCUT2D eigenvalue weighted by Gasteiger charge is -2.19. The van der Waals surface area contributed by atoms with E-state index in [1.807, 2.05) is 50.2 Å². The van der Waals surface area contributed by atoms with Crippen molar-refractivity contribution in [3.8, 4) is 5.75 Å². The smallest absolute Gasteiger partial charge is 0.174 e. The lowest BCUT2D eigenvalue weighted by atomic mass is 9.84. The molecular formula is C21H25NO3. The Bertz CT molecular complexity index is 710. The average molecular weight is 339 g/mol. The minimum Gasteiger partial charge on any atom is -0.494 e. The summed E-state index contributed by atoms with van der Waals surface area (Å²) in [5.41, 5.74) is 1.14. The van der Waals surface area contributed by atoms with Crippen LogP contribution in [0.25, 0.3) is 0 Å². The van der Waals surface area contributed by atoms with Gasteiger partial charge in [0.25, 0.3) is 0 Å². The van der Waals surface area contributed by atoms with Gasteiger partial charge in [0.05, 0.1) is 18.6 Å². The molecule has 0 amide bonds. The second-order valence-electron chi connectivity index (χ2n) is 6.94. The van der Waals surface area contributed by atoms with E-state index in [0.29, 0.717) is 0 Å². The number of carbonyl (C=O) groups is 1. The molecule has 25 heavy (non-hydrogen) atoms. The highest BCUT2D eigenvalue weighted by Gasteiger charge is 2.49. The van der Waals surface area contributed by atoms with E-state index in [1.54, 1.807) is 12.4 Å². The van der Waals surface area contributed by atoms with Crippen LogP contribution in [0.3, 0.4) is 0 Å².